The summed E-state index contributed by atoms with van der Waals surface area (Å²) in [6.07, 6.45) is 3.50. The fourth-order valence-electron chi connectivity index (χ4n) is 2.47. The molecular weight excluding hydrogens is 236 g/mol. The van der Waals surface area contributed by atoms with Crippen molar-refractivity contribution in [3.63, 3.8) is 0 Å². The molecule has 2 aromatic heterocycles. The number of nitrogens with zero attached hydrogens (tertiary/aromatic N) is 2. The van der Waals surface area contributed by atoms with Gasteiger partial charge >= 0.3 is 0 Å². The number of nitrogens with one attached hydrogen (secondary N) is 1. The van der Waals surface area contributed by atoms with E-state index >= 15 is 0 Å². The monoisotopic (exact) mass is 252 g/mol. The highest BCUT2D eigenvalue weighted by Crippen LogP contribution is 2.30. The summed E-state index contributed by atoms with van der Waals surface area (Å²) in [5, 5.41) is 1.27. The van der Waals surface area contributed by atoms with E-state index in [2.05, 4.69) is 47.0 Å². The maximum atomic E-state index is 5.54. The first-order valence-corrected chi connectivity index (χ1v) is 6.30. The quantitative estimate of drug-likeness (QED) is 0.736. The number of hydrogen-bond acceptors (Lipinski definition) is 3. The molecule has 0 amide bonds. The average molecular weight is 252 g/mol. The van der Waals surface area contributed by atoms with Gasteiger partial charge in [-0.15, -0.1) is 0 Å². The largest absolute Gasteiger partial charge is 0.353 e. The Kier molecular flexibility index (Phi) is 2.80. The van der Waals surface area contributed by atoms with Crippen molar-refractivity contribution in [1.29, 1.82) is 0 Å². The first kappa shape index (κ1) is 11.9. The van der Waals surface area contributed by atoms with Crippen LogP contribution in [-0.2, 0) is 6.54 Å². The Balaban J connectivity index is 2.19. The minimum Gasteiger partial charge on any atom is -0.353 e. The molecule has 19 heavy (non-hydrogen) atoms. The summed E-state index contributed by atoms with van der Waals surface area (Å²) in [6.45, 7) is 4.65. The molecule has 0 atom stereocenters. The molecule has 0 spiro atoms. The van der Waals surface area contributed by atoms with Crippen molar-refractivity contribution >= 4 is 10.9 Å². The number of nitrogens with two attached hydrogens (primary N) is 1. The van der Waals surface area contributed by atoms with Gasteiger partial charge in [-0.3, -0.25) is 9.97 Å². The molecule has 0 fully saturated rings. The van der Waals surface area contributed by atoms with Gasteiger partial charge in [-0.2, -0.15) is 0 Å². The van der Waals surface area contributed by atoms with E-state index in [-0.39, 0.29) is 0 Å². The number of fused-ring (bicyclic) bond motifs is 1. The molecule has 0 aliphatic heterocycles. The lowest BCUT2D eigenvalue weighted by molar-refractivity contribution is 0.964. The van der Waals surface area contributed by atoms with Crippen LogP contribution in [0, 0.1) is 13.8 Å². The van der Waals surface area contributed by atoms with E-state index in [9.17, 15) is 0 Å². The van der Waals surface area contributed by atoms with E-state index in [1.807, 2.05) is 0 Å². The van der Waals surface area contributed by atoms with Gasteiger partial charge in [-0.25, -0.2) is 0 Å². The van der Waals surface area contributed by atoms with E-state index in [1.54, 1.807) is 12.4 Å². The Hall–Kier alpha value is -2.20. The number of aryl methyl sites for hydroxylation is 2. The maximum absolute atomic E-state index is 5.54. The van der Waals surface area contributed by atoms with Crippen LogP contribution in [0.3, 0.4) is 0 Å². The lowest BCUT2D eigenvalue weighted by atomic mass is 10.1. The molecule has 0 saturated carbocycles. The van der Waals surface area contributed by atoms with E-state index in [4.69, 9.17) is 5.73 Å². The van der Waals surface area contributed by atoms with Crippen molar-refractivity contribution in [3.8, 4) is 11.4 Å². The van der Waals surface area contributed by atoms with E-state index in [0.29, 0.717) is 6.54 Å². The predicted octanol–water partition coefficient (Wildman–Crippen LogP) is 2.70. The van der Waals surface area contributed by atoms with E-state index in [0.717, 1.165) is 22.6 Å². The number of rotatable bonds is 2. The molecule has 2 heterocycles. The van der Waals surface area contributed by atoms with Crippen molar-refractivity contribution in [1.82, 2.24) is 15.0 Å². The molecule has 3 N–H and O–H groups in total. The van der Waals surface area contributed by atoms with E-state index in [1.165, 1.54) is 16.5 Å². The van der Waals surface area contributed by atoms with Crippen molar-refractivity contribution in [2.45, 2.75) is 20.4 Å². The zero-order valence-electron chi connectivity index (χ0n) is 11.1. The molecule has 4 heteroatoms. The standard InChI is InChI=1S/C15H16N4/c1-9-4-3-5-12-14(9)10(2)15(19-12)13-8-17-11(6-16)7-18-13/h3-5,7-8,19H,6,16H2,1-2H3. The second kappa shape index (κ2) is 4.48. The van der Waals surface area contributed by atoms with Crippen molar-refractivity contribution < 1.29 is 0 Å². The molecule has 0 saturated heterocycles. The summed E-state index contributed by atoms with van der Waals surface area (Å²) in [4.78, 5) is 12.2. The van der Waals surface area contributed by atoms with Gasteiger partial charge in [0.2, 0.25) is 0 Å². The fourth-order valence-corrected chi connectivity index (χ4v) is 2.47. The number of H-pyrrole nitrogens is 1. The minimum atomic E-state index is 0.415. The van der Waals surface area contributed by atoms with Crippen LogP contribution >= 0.6 is 0 Å². The van der Waals surface area contributed by atoms with Crippen molar-refractivity contribution in [2.24, 2.45) is 5.73 Å². The van der Waals surface area contributed by atoms with Crippen LogP contribution in [0.25, 0.3) is 22.3 Å². The zero-order valence-corrected chi connectivity index (χ0v) is 11.1. The van der Waals surface area contributed by atoms with Gasteiger partial charge < -0.3 is 10.7 Å². The summed E-state index contributed by atoms with van der Waals surface area (Å²) in [6, 6.07) is 6.26. The molecule has 96 valence electrons. The first-order valence-electron chi connectivity index (χ1n) is 6.30. The number of aromatic nitrogens is 3. The van der Waals surface area contributed by atoms with Crippen LogP contribution in [0.15, 0.2) is 30.6 Å². The van der Waals surface area contributed by atoms with Crippen LogP contribution in [0.4, 0.5) is 0 Å². The smallest absolute Gasteiger partial charge is 0.105 e. The molecule has 4 nitrogen and oxygen atoms in total. The van der Waals surface area contributed by atoms with Gasteiger partial charge in [-0.05, 0) is 31.0 Å². The summed E-state index contributed by atoms with van der Waals surface area (Å²) in [5.74, 6) is 0. The Bertz CT molecular complexity index is 726. The molecule has 0 radical (unpaired) electrons. The van der Waals surface area contributed by atoms with E-state index < -0.39 is 0 Å². The highest BCUT2D eigenvalue weighted by Gasteiger charge is 2.12. The molecule has 0 unspecified atom stereocenters. The minimum absolute atomic E-state index is 0.415. The van der Waals surface area contributed by atoms with Gasteiger partial charge in [0.15, 0.2) is 0 Å². The van der Waals surface area contributed by atoms with Crippen LogP contribution in [0.1, 0.15) is 16.8 Å². The summed E-state index contributed by atoms with van der Waals surface area (Å²) < 4.78 is 0. The fraction of sp³-hybridized carbons (Fsp3) is 0.200. The van der Waals surface area contributed by atoms with Crippen molar-refractivity contribution in [3.05, 3.63) is 47.4 Å². The highest BCUT2D eigenvalue weighted by atomic mass is 14.8. The third-order valence-corrected chi connectivity index (χ3v) is 3.45. The van der Waals surface area contributed by atoms with Crippen LogP contribution in [0.5, 0.6) is 0 Å². The second-order valence-corrected chi connectivity index (χ2v) is 4.72. The summed E-state index contributed by atoms with van der Waals surface area (Å²) >= 11 is 0. The maximum Gasteiger partial charge on any atom is 0.105 e. The molecule has 3 rings (SSSR count). The molecule has 1 aromatic carbocycles. The second-order valence-electron chi connectivity index (χ2n) is 4.72. The highest BCUT2D eigenvalue weighted by molar-refractivity contribution is 5.92. The molecule has 3 aromatic rings. The molecule has 0 aliphatic rings. The van der Waals surface area contributed by atoms with Crippen LogP contribution in [0.2, 0.25) is 0 Å². The van der Waals surface area contributed by atoms with Gasteiger partial charge in [0, 0.05) is 17.4 Å². The zero-order chi connectivity index (χ0) is 13.4. The number of aromatic amines is 1. The molecular formula is C15H16N4. The van der Waals surface area contributed by atoms with Gasteiger partial charge in [0.1, 0.15) is 5.69 Å². The van der Waals surface area contributed by atoms with Crippen LogP contribution < -0.4 is 5.73 Å². The number of benzene rings is 1. The van der Waals surface area contributed by atoms with Gasteiger partial charge in [0.05, 0.1) is 23.8 Å². The average Bonchev–Trinajstić information content (AvgIpc) is 2.78. The predicted molar refractivity (Wildman–Crippen MR) is 76.7 cm³/mol. The Labute approximate surface area is 111 Å². The Morgan fingerprint density at radius 1 is 1.16 bits per heavy atom. The normalized spacial score (nSPS) is 11.1. The lowest BCUT2D eigenvalue weighted by Crippen LogP contribution is -2.00. The first-order chi connectivity index (χ1) is 9.20. The number of hydrogen-bond donors (Lipinski definition) is 2. The summed E-state index contributed by atoms with van der Waals surface area (Å²) in [5.41, 5.74) is 11.8. The molecule has 0 bridgehead atoms. The van der Waals surface area contributed by atoms with Crippen LogP contribution in [-0.4, -0.2) is 15.0 Å². The van der Waals surface area contributed by atoms with Crippen molar-refractivity contribution in [2.75, 3.05) is 0 Å². The van der Waals surface area contributed by atoms with Gasteiger partial charge in [0.25, 0.3) is 0 Å². The van der Waals surface area contributed by atoms with Gasteiger partial charge in [-0.1, -0.05) is 12.1 Å². The third-order valence-electron chi connectivity index (χ3n) is 3.45. The Morgan fingerprint density at radius 2 is 2.00 bits per heavy atom. The lowest BCUT2D eigenvalue weighted by Gasteiger charge is -2.01. The SMILES string of the molecule is Cc1cccc2[nH]c(-c3cnc(CN)cn3)c(C)c12. The summed E-state index contributed by atoms with van der Waals surface area (Å²) in [7, 11) is 0. The third kappa shape index (κ3) is 1.90. The Morgan fingerprint density at radius 3 is 2.63 bits per heavy atom. The molecule has 0 aliphatic carbocycles. The topological polar surface area (TPSA) is 67.6 Å².